The van der Waals surface area contributed by atoms with Crippen molar-refractivity contribution in [1.29, 1.82) is 0 Å². The maximum atomic E-state index is 5.38. The first-order valence-electron chi connectivity index (χ1n) is 5.57. The van der Waals surface area contributed by atoms with E-state index in [4.69, 9.17) is 9.47 Å². The number of rotatable bonds is 4. The van der Waals surface area contributed by atoms with E-state index in [2.05, 4.69) is 4.98 Å². The highest BCUT2D eigenvalue weighted by Crippen LogP contribution is 2.23. The maximum Gasteiger partial charge on any atom is 0.213 e. The van der Waals surface area contributed by atoms with Gasteiger partial charge in [0, 0.05) is 11.6 Å². The number of hydrogen-bond donors (Lipinski definition) is 0. The molecule has 0 radical (unpaired) electrons. The molecule has 0 fully saturated rings. The summed E-state index contributed by atoms with van der Waals surface area (Å²) >= 11 is 0. The van der Waals surface area contributed by atoms with Gasteiger partial charge >= 0.3 is 0 Å². The lowest BCUT2D eigenvalue weighted by Gasteiger charge is -2.06. The molecule has 0 aliphatic heterocycles. The van der Waals surface area contributed by atoms with Crippen LogP contribution in [0, 0.1) is 0 Å². The normalized spacial score (nSPS) is 10.0. The second kappa shape index (κ2) is 5.34. The number of benzene rings is 1. The molecular weight excluding hydrogens is 214 g/mol. The molecular formula is C14H15NO2. The van der Waals surface area contributed by atoms with Crippen LogP contribution in [0.5, 0.6) is 11.6 Å². The molecule has 1 aromatic heterocycles. The van der Waals surface area contributed by atoms with Gasteiger partial charge in [-0.25, -0.2) is 4.98 Å². The quantitative estimate of drug-likeness (QED) is 0.807. The minimum atomic E-state index is 0.620. The van der Waals surface area contributed by atoms with Gasteiger partial charge in [0.15, 0.2) is 0 Å². The van der Waals surface area contributed by atoms with Gasteiger partial charge in [-0.2, -0.15) is 0 Å². The zero-order valence-electron chi connectivity index (χ0n) is 10.0. The lowest BCUT2D eigenvalue weighted by molar-refractivity contribution is 0.327. The molecule has 0 aliphatic carbocycles. The van der Waals surface area contributed by atoms with Crippen molar-refractivity contribution in [3.8, 4) is 22.9 Å². The number of aromatic nitrogens is 1. The molecule has 0 spiro atoms. The van der Waals surface area contributed by atoms with E-state index in [1.165, 1.54) is 0 Å². The number of hydrogen-bond acceptors (Lipinski definition) is 3. The zero-order chi connectivity index (χ0) is 12.1. The van der Waals surface area contributed by atoms with Gasteiger partial charge in [-0.1, -0.05) is 18.2 Å². The Morgan fingerprint density at radius 2 is 1.94 bits per heavy atom. The fourth-order valence-electron chi connectivity index (χ4n) is 1.59. The highest BCUT2D eigenvalue weighted by Gasteiger charge is 2.02. The summed E-state index contributed by atoms with van der Waals surface area (Å²) in [7, 11) is 1.66. The van der Waals surface area contributed by atoms with Crippen molar-refractivity contribution >= 4 is 0 Å². The second-order valence-corrected chi connectivity index (χ2v) is 3.53. The summed E-state index contributed by atoms with van der Waals surface area (Å²) in [5.74, 6) is 1.47. The molecule has 1 heterocycles. The minimum Gasteiger partial charge on any atom is -0.497 e. The molecule has 0 unspecified atom stereocenters. The molecule has 0 amide bonds. The van der Waals surface area contributed by atoms with Gasteiger partial charge in [0.05, 0.1) is 19.4 Å². The Hall–Kier alpha value is -2.03. The van der Waals surface area contributed by atoms with E-state index in [1.54, 1.807) is 7.11 Å². The Balaban J connectivity index is 2.34. The summed E-state index contributed by atoms with van der Waals surface area (Å²) in [6.07, 6.45) is 0. The van der Waals surface area contributed by atoms with Crippen molar-refractivity contribution in [3.05, 3.63) is 42.5 Å². The lowest BCUT2D eigenvalue weighted by atomic mass is 10.1. The molecule has 0 N–H and O–H groups in total. The maximum absolute atomic E-state index is 5.38. The first-order valence-corrected chi connectivity index (χ1v) is 5.57. The number of methoxy groups -OCH3 is 1. The van der Waals surface area contributed by atoms with Crippen molar-refractivity contribution in [2.75, 3.05) is 13.7 Å². The average molecular weight is 229 g/mol. The predicted molar refractivity (Wildman–Crippen MR) is 67.4 cm³/mol. The van der Waals surface area contributed by atoms with Crippen LogP contribution in [0.15, 0.2) is 42.5 Å². The summed E-state index contributed by atoms with van der Waals surface area (Å²) in [6, 6.07) is 13.6. The topological polar surface area (TPSA) is 31.4 Å². The van der Waals surface area contributed by atoms with E-state index < -0.39 is 0 Å². The van der Waals surface area contributed by atoms with Crippen LogP contribution in [0.4, 0.5) is 0 Å². The summed E-state index contributed by atoms with van der Waals surface area (Å²) in [6.45, 7) is 2.56. The van der Waals surface area contributed by atoms with E-state index in [9.17, 15) is 0 Å². The molecule has 2 aromatic rings. The highest BCUT2D eigenvalue weighted by molar-refractivity contribution is 5.61. The molecule has 3 nitrogen and oxygen atoms in total. The zero-order valence-corrected chi connectivity index (χ0v) is 10.0. The summed E-state index contributed by atoms with van der Waals surface area (Å²) in [5, 5.41) is 0. The Kier molecular flexibility index (Phi) is 3.60. The predicted octanol–water partition coefficient (Wildman–Crippen LogP) is 3.16. The van der Waals surface area contributed by atoms with Crippen LogP contribution in [0.1, 0.15) is 6.92 Å². The lowest BCUT2D eigenvalue weighted by Crippen LogP contribution is -1.95. The molecule has 0 saturated carbocycles. The first-order chi connectivity index (χ1) is 8.33. The molecule has 0 atom stereocenters. The van der Waals surface area contributed by atoms with Crippen LogP contribution in [-0.2, 0) is 0 Å². The summed E-state index contributed by atoms with van der Waals surface area (Å²) in [4.78, 5) is 4.43. The number of ether oxygens (including phenoxy) is 2. The van der Waals surface area contributed by atoms with Gasteiger partial charge < -0.3 is 9.47 Å². The van der Waals surface area contributed by atoms with Crippen molar-refractivity contribution in [3.63, 3.8) is 0 Å². The Labute approximate surface area is 101 Å². The smallest absolute Gasteiger partial charge is 0.213 e. The SMILES string of the molecule is CCOc1cccc(-c2cccc(OC)c2)n1. The van der Waals surface area contributed by atoms with E-state index in [0.29, 0.717) is 12.5 Å². The van der Waals surface area contributed by atoms with Crippen molar-refractivity contribution < 1.29 is 9.47 Å². The third-order valence-electron chi connectivity index (χ3n) is 2.38. The van der Waals surface area contributed by atoms with Gasteiger partial charge in [0.25, 0.3) is 0 Å². The van der Waals surface area contributed by atoms with E-state index >= 15 is 0 Å². The number of pyridine rings is 1. The monoisotopic (exact) mass is 229 g/mol. The fraction of sp³-hybridized carbons (Fsp3) is 0.214. The third-order valence-corrected chi connectivity index (χ3v) is 2.38. The molecule has 1 aromatic carbocycles. The van der Waals surface area contributed by atoms with Gasteiger partial charge in [0.1, 0.15) is 5.75 Å². The Morgan fingerprint density at radius 3 is 2.71 bits per heavy atom. The molecule has 0 aliphatic rings. The standard InChI is InChI=1S/C14H15NO2/c1-3-17-14-9-5-8-13(15-14)11-6-4-7-12(10-11)16-2/h4-10H,3H2,1-2H3. The van der Waals surface area contributed by atoms with Gasteiger partial charge in [-0.3, -0.25) is 0 Å². The summed E-state index contributed by atoms with van der Waals surface area (Å²) in [5.41, 5.74) is 1.90. The van der Waals surface area contributed by atoms with E-state index in [-0.39, 0.29) is 0 Å². The minimum absolute atomic E-state index is 0.620. The Bertz CT molecular complexity index is 497. The largest absolute Gasteiger partial charge is 0.497 e. The van der Waals surface area contributed by atoms with Gasteiger partial charge in [0.2, 0.25) is 5.88 Å². The van der Waals surface area contributed by atoms with E-state index in [1.807, 2.05) is 49.4 Å². The van der Waals surface area contributed by atoms with Crippen LogP contribution in [0.2, 0.25) is 0 Å². The fourth-order valence-corrected chi connectivity index (χ4v) is 1.59. The van der Waals surface area contributed by atoms with Gasteiger partial charge in [-0.05, 0) is 25.1 Å². The molecule has 88 valence electrons. The number of nitrogens with zero attached hydrogens (tertiary/aromatic N) is 1. The molecule has 3 heteroatoms. The van der Waals surface area contributed by atoms with Crippen molar-refractivity contribution in [2.24, 2.45) is 0 Å². The van der Waals surface area contributed by atoms with Crippen molar-refractivity contribution in [2.45, 2.75) is 6.92 Å². The average Bonchev–Trinajstić information content (AvgIpc) is 2.40. The van der Waals surface area contributed by atoms with Crippen LogP contribution in [0.25, 0.3) is 11.3 Å². The van der Waals surface area contributed by atoms with Crippen LogP contribution < -0.4 is 9.47 Å². The van der Waals surface area contributed by atoms with E-state index in [0.717, 1.165) is 17.0 Å². The van der Waals surface area contributed by atoms with Gasteiger partial charge in [-0.15, -0.1) is 0 Å². The molecule has 2 rings (SSSR count). The highest BCUT2D eigenvalue weighted by atomic mass is 16.5. The first kappa shape index (κ1) is 11.5. The van der Waals surface area contributed by atoms with Crippen molar-refractivity contribution in [1.82, 2.24) is 4.98 Å². The van der Waals surface area contributed by atoms with Crippen LogP contribution >= 0.6 is 0 Å². The summed E-state index contributed by atoms with van der Waals surface area (Å²) < 4.78 is 10.6. The Morgan fingerprint density at radius 1 is 1.12 bits per heavy atom. The van der Waals surface area contributed by atoms with Crippen LogP contribution in [0.3, 0.4) is 0 Å². The molecule has 0 bridgehead atoms. The molecule has 17 heavy (non-hydrogen) atoms. The van der Waals surface area contributed by atoms with Crippen LogP contribution in [-0.4, -0.2) is 18.7 Å². The molecule has 0 saturated heterocycles. The second-order valence-electron chi connectivity index (χ2n) is 3.53. The third kappa shape index (κ3) is 2.75.